The lowest BCUT2D eigenvalue weighted by atomic mass is 10.0. The Bertz CT molecular complexity index is 245. The highest BCUT2D eigenvalue weighted by molar-refractivity contribution is 6.21. The molecule has 0 aliphatic carbocycles. The van der Waals surface area contributed by atoms with Gasteiger partial charge in [0.05, 0.1) is 30.6 Å². The standard InChI is InChI=1S/C9H14ClF2NO2/c1-5(9(2,11)12)8(14)13-7-4-15-3-6(7)10/h5-7H,3-4H2,1-2H3,(H,13,14). The van der Waals surface area contributed by atoms with Gasteiger partial charge in [-0.05, 0) is 6.92 Å². The predicted molar refractivity (Wildman–Crippen MR) is 52.2 cm³/mol. The molecule has 1 aliphatic heterocycles. The van der Waals surface area contributed by atoms with Gasteiger partial charge in [-0.1, -0.05) is 0 Å². The van der Waals surface area contributed by atoms with Gasteiger partial charge in [0.25, 0.3) is 5.92 Å². The van der Waals surface area contributed by atoms with Gasteiger partial charge in [-0.15, -0.1) is 11.6 Å². The number of hydrogen-bond acceptors (Lipinski definition) is 2. The Balaban J connectivity index is 2.48. The third-order valence-corrected chi connectivity index (χ3v) is 2.92. The van der Waals surface area contributed by atoms with E-state index in [1.807, 2.05) is 0 Å². The molecule has 1 rings (SSSR count). The third-order valence-electron chi connectivity index (χ3n) is 2.49. The molecule has 3 unspecified atom stereocenters. The summed E-state index contributed by atoms with van der Waals surface area (Å²) in [6.45, 7) is 2.53. The lowest BCUT2D eigenvalue weighted by Gasteiger charge is -2.21. The summed E-state index contributed by atoms with van der Waals surface area (Å²) in [6.07, 6.45) is 0. The molecule has 0 spiro atoms. The third kappa shape index (κ3) is 3.28. The molecule has 0 saturated carbocycles. The van der Waals surface area contributed by atoms with Crippen molar-refractivity contribution >= 4 is 17.5 Å². The first-order chi connectivity index (χ1) is 6.82. The molecule has 15 heavy (non-hydrogen) atoms. The number of halogens is 3. The molecule has 1 saturated heterocycles. The highest BCUT2D eigenvalue weighted by Gasteiger charge is 2.38. The van der Waals surface area contributed by atoms with Crippen molar-refractivity contribution in [2.45, 2.75) is 31.2 Å². The van der Waals surface area contributed by atoms with Crippen LogP contribution in [0.4, 0.5) is 8.78 Å². The number of alkyl halides is 3. The average Bonchev–Trinajstić information content (AvgIpc) is 2.49. The minimum absolute atomic E-state index is 0.280. The van der Waals surface area contributed by atoms with E-state index in [4.69, 9.17) is 16.3 Å². The van der Waals surface area contributed by atoms with Gasteiger partial charge < -0.3 is 10.1 Å². The van der Waals surface area contributed by atoms with E-state index in [0.717, 1.165) is 6.92 Å². The number of nitrogens with one attached hydrogen (secondary N) is 1. The van der Waals surface area contributed by atoms with Crippen molar-refractivity contribution in [1.82, 2.24) is 5.32 Å². The summed E-state index contributed by atoms with van der Waals surface area (Å²) in [4.78, 5) is 11.4. The zero-order chi connectivity index (χ0) is 11.6. The molecule has 1 heterocycles. The molecule has 0 radical (unpaired) electrons. The van der Waals surface area contributed by atoms with Crippen LogP contribution in [0.5, 0.6) is 0 Å². The van der Waals surface area contributed by atoms with E-state index in [0.29, 0.717) is 6.61 Å². The van der Waals surface area contributed by atoms with Gasteiger partial charge >= 0.3 is 0 Å². The maximum absolute atomic E-state index is 12.8. The normalized spacial score (nSPS) is 28.9. The number of carbonyl (C=O) groups is 1. The smallest absolute Gasteiger partial charge is 0.256 e. The molecular weight excluding hydrogens is 228 g/mol. The number of amides is 1. The SMILES string of the molecule is CC(C(=O)NC1COCC1Cl)C(C)(F)F. The van der Waals surface area contributed by atoms with Gasteiger partial charge in [0.15, 0.2) is 0 Å². The van der Waals surface area contributed by atoms with Crippen molar-refractivity contribution in [3.05, 3.63) is 0 Å². The predicted octanol–water partition coefficient (Wildman–Crippen LogP) is 1.40. The number of hydrogen-bond donors (Lipinski definition) is 1. The van der Waals surface area contributed by atoms with Crippen molar-refractivity contribution in [3.63, 3.8) is 0 Å². The highest BCUT2D eigenvalue weighted by atomic mass is 35.5. The molecule has 0 aromatic carbocycles. The second-order valence-electron chi connectivity index (χ2n) is 3.85. The van der Waals surface area contributed by atoms with Gasteiger partial charge in [-0.2, -0.15) is 0 Å². The summed E-state index contributed by atoms with van der Waals surface area (Å²) in [6, 6.07) is -0.371. The monoisotopic (exact) mass is 241 g/mol. The fourth-order valence-electron chi connectivity index (χ4n) is 1.20. The van der Waals surface area contributed by atoms with Crippen LogP contribution in [0.1, 0.15) is 13.8 Å². The lowest BCUT2D eigenvalue weighted by Crippen LogP contribution is -2.46. The Morgan fingerprint density at radius 3 is 2.60 bits per heavy atom. The van der Waals surface area contributed by atoms with Crippen LogP contribution in [0.3, 0.4) is 0 Å². The Labute approximate surface area is 92.1 Å². The van der Waals surface area contributed by atoms with Gasteiger partial charge in [0.2, 0.25) is 5.91 Å². The molecule has 1 aliphatic rings. The maximum atomic E-state index is 12.8. The van der Waals surface area contributed by atoms with E-state index in [-0.39, 0.29) is 18.0 Å². The molecule has 3 atom stereocenters. The second kappa shape index (κ2) is 4.61. The van der Waals surface area contributed by atoms with Crippen LogP contribution in [0.25, 0.3) is 0 Å². The summed E-state index contributed by atoms with van der Waals surface area (Å²) in [5.41, 5.74) is 0. The minimum atomic E-state index is -3.02. The van der Waals surface area contributed by atoms with Crippen LogP contribution < -0.4 is 5.32 Å². The highest BCUT2D eigenvalue weighted by Crippen LogP contribution is 2.24. The summed E-state index contributed by atoms with van der Waals surface area (Å²) in [7, 11) is 0. The molecule has 6 heteroatoms. The fourth-order valence-corrected chi connectivity index (χ4v) is 1.42. The van der Waals surface area contributed by atoms with E-state index < -0.39 is 17.7 Å². The van der Waals surface area contributed by atoms with Crippen molar-refractivity contribution in [3.8, 4) is 0 Å². The molecule has 1 N–H and O–H groups in total. The van der Waals surface area contributed by atoms with Crippen molar-refractivity contribution in [1.29, 1.82) is 0 Å². The van der Waals surface area contributed by atoms with Crippen LogP contribution in [0.15, 0.2) is 0 Å². The zero-order valence-electron chi connectivity index (χ0n) is 8.60. The van der Waals surface area contributed by atoms with E-state index in [9.17, 15) is 13.6 Å². The Morgan fingerprint density at radius 1 is 1.60 bits per heavy atom. The lowest BCUT2D eigenvalue weighted by molar-refractivity contribution is -0.136. The largest absolute Gasteiger partial charge is 0.378 e. The van der Waals surface area contributed by atoms with E-state index in [1.54, 1.807) is 0 Å². The van der Waals surface area contributed by atoms with Crippen LogP contribution in [0, 0.1) is 5.92 Å². The average molecular weight is 242 g/mol. The fraction of sp³-hybridized carbons (Fsp3) is 0.889. The van der Waals surface area contributed by atoms with Crippen LogP contribution >= 0.6 is 11.6 Å². The van der Waals surface area contributed by atoms with Gasteiger partial charge in [-0.3, -0.25) is 4.79 Å². The number of rotatable bonds is 3. The van der Waals surface area contributed by atoms with Gasteiger partial charge in [-0.25, -0.2) is 8.78 Å². The summed E-state index contributed by atoms with van der Waals surface area (Å²) >= 11 is 5.81. The summed E-state index contributed by atoms with van der Waals surface area (Å²) in [5, 5.41) is 2.12. The molecule has 3 nitrogen and oxygen atoms in total. The van der Waals surface area contributed by atoms with Gasteiger partial charge in [0, 0.05) is 6.92 Å². The Hall–Kier alpha value is -0.420. The molecular formula is C9H14ClF2NO2. The van der Waals surface area contributed by atoms with Crippen molar-refractivity contribution in [2.75, 3.05) is 13.2 Å². The van der Waals surface area contributed by atoms with Crippen LogP contribution in [-0.2, 0) is 9.53 Å². The van der Waals surface area contributed by atoms with E-state index in [2.05, 4.69) is 5.32 Å². The quantitative estimate of drug-likeness (QED) is 0.759. The van der Waals surface area contributed by atoms with E-state index in [1.165, 1.54) is 6.92 Å². The van der Waals surface area contributed by atoms with Crippen LogP contribution in [-0.4, -0.2) is 36.5 Å². The molecule has 1 fully saturated rings. The molecule has 0 aromatic heterocycles. The van der Waals surface area contributed by atoms with Crippen molar-refractivity contribution in [2.24, 2.45) is 5.92 Å². The van der Waals surface area contributed by atoms with Crippen molar-refractivity contribution < 1.29 is 18.3 Å². The second-order valence-corrected chi connectivity index (χ2v) is 4.41. The molecule has 88 valence electrons. The van der Waals surface area contributed by atoms with E-state index >= 15 is 0 Å². The van der Waals surface area contributed by atoms with Crippen LogP contribution in [0.2, 0.25) is 0 Å². The first-order valence-electron chi connectivity index (χ1n) is 4.72. The number of ether oxygens (including phenoxy) is 1. The molecule has 0 bridgehead atoms. The number of carbonyl (C=O) groups excluding carboxylic acids is 1. The Kier molecular flexibility index (Phi) is 3.89. The maximum Gasteiger partial charge on any atom is 0.256 e. The zero-order valence-corrected chi connectivity index (χ0v) is 9.35. The molecule has 0 aromatic rings. The topological polar surface area (TPSA) is 38.3 Å². The first-order valence-corrected chi connectivity index (χ1v) is 5.16. The van der Waals surface area contributed by atoms with Gasteiger partial charge in [0.1, 0.15) is 0 Å². The summed E-state index contributed by atoms with van der Waals surface area (Å²) in [5.74, 6) is -5.07. The summed E-state index contributed by atoms with van der Waals surface area (Å²) < 4.78 is 30.6. The first kappa shape index (κ1) is 12.6. The minimum Gasteiger partial charge on any atom is -0.378 e. The molecule has 1 amide bonds. The Morgan fingerprint density at radius 2 is 2.20 bits per heavy atom.